The zero-order valence-corrected chi connectivity index (χ0v) is 17.2. The van der Waals surface area contributed by atoms with E-state index in [9.17, 15) is 4.79 Å². The molecule has 6 nitrogen and oxygen atoms in total. The minimum atomic E-state index is -0.00672. The number of thiazole rings is 1. The average Bonchev–Trinajstić information content (AvgIpc) is 3.09. The van der Waals surface area contributed by atoms with Gasteiger partial charge in [0.05, 0.1) is 13.2 Å². The summed E-state index contributed by atoms with van der Waals surface area (Å²) in [4.78, 5) is 23.9. The van der Waals surface area contributed by atoms with Crippen molar-refractivity contribution in [3.8, 4) is 5.75 Å². The Morgan fingerprint density at radius 1 is 1.14 bits per heavy atom. The van der Waals surface area contributed by atoms with Crippen molar-refractivity contribution < 1.29 is 9.53 Å². The number of likely N-dealkylation sites (tertiary alicyclic amines) is 1. The summed E-state index contributed by atoms with van der Waals surface area (Å²) in [6.07, 6.45) is 7.85. The van der Waals surface area contributed by atoms with Gasteiger partial charge in [-0.15, -0.1) is 11.3 Å². The highest BCUT2D eigenvalue weighted by atomic mass is 32.1. The van der Waals surface area contributed by atoms with E-state index in [0.29, 0.717) is 10.8 Å². The molecule has 1 fully saturated rings. The largest absolute Gasteiger partial charge is 0.497 e. The van der Waals surface area contributed by atoms with Crippen LogP contribution in [-0.4, -0.2) is 34.4 Å². The molecule has 0 saturated carbocycles. The van der Waals surface area contributed by atoms with Crippen LogP contribution in [0, 0.1) is 0 Å². The molecule has 1 aliphatic rings. The molecular weight excluding hydrogens is 384 g/mol. The molecule has 1 N–H and O–H groups in total. The van der Waals surface area contributed by atoms with Gasteiger partial charge in [0.25, 0.3) is 5.91 Å². The summed E-state index contributed by atoms with van der Waals surface area (Å²) in [5, 5.41) is 5.80. The minimum Gasteiger partial charge on any atom is -0.497 e. The summed E-state index contributed by atoms with van der Waals surface area (Å²) in [6, 6.07) is 11.7. The number of hydrogen-bond donors (Lipinski definition) is 1. The summed E-state index contributed by atoms with van der Waals surface area (Å²) in [7, 11) is 1.64. The number of carbonyl (C=O) groups is 1. The molecule has 0 bridgehead atoms. The third kappa shape index (κ3) is 4.56. The molecule has 1 amide bonds. The molecule has 3 heterocycles. The predicted octanol–water partition coefficient (Wildman–Crippen LogP) is 5.05. The molecule has 1 saturated heterocycles. The van der Waals surface area contributed by atoms with Crippen LogP contribution in [0.25, 0.3) is 0 Å². The monoisotopic (exact) mass is 408 g/mol. The van der Waals surface area contributed by atoms with Crippen LogP contribution in [0.1, 0.15) is 47.8 Å². The summed E-state index contributed by atoms with van der Waals surface area (Å²) >= 11 is 1.44. The highest BCUT2D eigenvalue weighted by Crippen LogP contribution is 2.32. The van der Waals surface area contributed by atoms with Crippen LogP contribution < -0.4 is 10.1 Å². The quantitative estimate of drug-likeness (QED) is 0.640. The van der Waals surface area contributed by atoms with E-state index in [4.69, 9.17) is 4.74 Å². The number of amides is 1. The highest BCUT2D eigenvalue weighted by molar-refractivity contribution is 7.14. The van der Waals surface area contributed by atoms with Gasteiger partial charge in [0.2, 0.25) is 0 Å². The van der Waals surface area contributed by atoms with Gasteiger partial charge in [-0.05, 0) is 54.8 Å². The number of ether oxygens (including phenoxy) is 1. The minimum absolute atomic E-state index is 0.00672. The summed E-state index contributed by atoms with van der Waals surface area (Å²) < 4.78 is 5.18. The third-order valence-corrected chi connectivity index (χ3v) is 5.93. The van der Waals surface area contributed by atoms with Gasteiger partial charge in [-0.1, -0.05) is 12.8 Å². The van der Waals surface area contributed by atoms with Crippen LogP contribution >= 0.6 is 11.3 Å². The lowest BCUT2D eigenvalue weighted by atomic mass is 10.0. The molecule has 7 heteroatoms. The molecule has 0 spiro atoms. The molecule has 29 heavy (non-hydrogen) atoms. The van der Waals surface area contributed by atoms with E-state index in [1.165, 1.54) is 11.3 Å². The first-order valence-corrected chi connectivity index (χ1v) is 10.7. The number of nitrogens with zero attached hydrogens (tertiary/aromatic N) is 3. The van der Waals surface area contributed by atoms with Crippen molar-refractivity contribution in [1.82, 2.24) is 14.9 Å². The van der Waals surface area contributed by atoms with E-state index >= 15 is 0 Å². The maximum absolute atomic E-state index is 13.3. The Kier molecular flexibility index (Phi) is 6.05. The number of anilines is 2. The first-order chi connectivity index (χ1) is 14.2. The number of pyridine rings is 1. The van der Waals surface area contributed by atoms with Gasteiger partial charge in [-0.25, -0.2) is 4.98 Å². The second-order valence-electron chi connectivity index (χ2n) is 7.04. The van der Waals surface area contributed by atoms with Crippen molar-refractivity contribution in [2.45, 2.75) is 31.7 Å². The molecule has 3 aromatic rings. The standard InChI is InChI=1S/C22H24N4O2S/c1-28-18-8-6-17(7-9-18)24-22-25-19(15-29-22)21(27)26-14-4-2-3-5-20(26)16-10-12-23-13-11-16/h6-13,15,20H,2-5,14H2,1H3,(H,24,25). The number of rotatable bonds is 5. The fourth-order valence-corrected chi connectivity index (χ4v) is 4.36. The van der Waals surface area contributed by atoms with E-state index in [-0.39, 0.29) is 11.9 Å². The zero-order valence-electron chi connectivity index (χ0n) is 16.4. The lowest BCUT2D eigenvalue weighted by Gasteiger charge is -2.29. The number of carbonyl (C=O) groups excluding carboxylic acids is 1. The summed E-state index contributed by atoms with van der Waals surface area (Å²) in [5.74, 6) is 0.793. The van der Waals surface area contributed by atoms with Crippen LogP contribution in [0.5, 0.6) is 5.75 Å². The number of aromatic nitrogens is 2. The van der Waals surface area contributed by atoms with Gasteiger partial charge in [0.15, 0.2) is 5.13 Å². The molecule has 2 aromatic heterocycles. The number of hydrogen-bond acceptors (Lipinski definition) is 6. The van der Waals surface area contributed by atoms with Crippen molar-refractivity contribution in [2.75, 3.05) is 19.0 Å². The molecule has 4 rings (SSSR count). The fraction of sp³-hybridized carbons (Fsp3) is 0.318. The Bertz CT molecular complexity index is 943. The summed E-state index contributed by atoms with van der Waals surface area (Å²) in [6.45, 7) is 0.755. The molecule has 0 aliphatic carbocycles. The van der Waals surface area contributed by atoms with Gasteiger partial charge < -0.3 is 15.0 Å². The predicted molar refractivity (Wildman–Crippen MR) is 115 cm³/mol. The van der Waals surface area contributed by atoms with E-state index < -0.39 is 0 Å². The van der Waals surface area contributed by atoms with E-state index in [2.05, 4.69) is 15.3 Å². The molecule has 1 aliphatic heterocycles. The Morgan fingerprint density at radius 3 is 2.69 bits per heavy atom. The second kappa shape index (κ2) is 9.05. The zero-order chi connectivity index (χ0) is 20.1. The first kappa shape index (κ1) is 19.4. The van der Waals surface area contributed by atoms with Crippen LogP contribution in [0.4, 0.5) is 10.8 Å². The molecular formula is C22H24N4O2S. The van der Waals surface area contributed by atoms with E-state index in [1.807, 2.05) is 46.7 Å². The Hall–Kier alpha value is -2.93. The molecule has 1 atom stereocenters. The third-order valence-electron chi connectivity index (χ3n) is 5.17. The second-order valence-corrected chi connectivity index (χ2v) is 7.89. The maximum Gasteiger partial charge on any atom is 0.273 e. The van der Waals surface area contributed by atoms with Crippen LogP contribution in [0.15, 0.2) is 54.2 Å². The molecule has 1 unspecified atom stereocenters. The van der Waals surface area contributed by atoms with Crippen molar-refractivity contribution in [3.63, 3.8) is 0 Å². The van der Waals surface area contributed by atoms with Crippen molar-refractivity contribution in [3.05, 3.63) is 65.4 Å². The molecule has 0 radical (unpaired) electrons. The Morgan fingerprint density at radius 2 is 1.93 bits per heavy atom. The van der Waals surface area contributed by atoms with Gasteiger partial charge in [-0.3, -0.25) is 9.78 Å². The van der Waals surface area contributed by atoms with E-state index in [0.717, 1.165) is 49.2 Å². The maximum atomic E-state index is 13.3. The lowest BCUT2D eigenvalue weighted by molar-refractivity contribution is 0.0675. The first-order valence-electron chi connectivity index (χ1n) is 9.82. The van der Waals surface area contributed by atoms with Crippen LogP contribution in [0.2, 0.25) is 0 Å². The molecule has 1 aromatic carbocycles. The SMILES string of the molecule is COc1ccc(Nc2nc(C(=O)N3CCCCCC3c3ccncc3)cs2)cc1. The van der Waals surface area contributed by atoms with Crippen LogP contribution in [0.3, 0.4) is 0 Å². The normalized spacial score (nSPS) is 16.9. The van der Waals surface area contributed by atoms with Crippen molar-refractivity contribution in [2.24, 2.45) is 0 Å². The average molecular weight is 409 g/mol. The fourth-order valence-electron chi connectivity index (χ4n) is 3.66. The van der Waals surface area contributed by atoms with Gasteiger partial charge in [0, 0.05) is 30.0 Å². The smallest absolute Gasteiger partial charge is 0.273 e. The van der Waals surface area contributed by atoms with Gasteiger partial charge in [0.1, 0.15) is 11.4 Å². The number of methoxy groups -OCH3 is 1. The van der Waals surface area contributed by atoms with Crippen LogP contribution in [-0.2, 0) is 0 Å². The Balaban J connectivity index is 1.51. The number of nitrogens with one attached hydrogen (secondary N) is 1. The van der Waals surface area contributed by atoms with Crippen molar-refractivity contribution >= 4 is 28.1 Å². The van der Waals surface area contributed by atoms with Gasteiger partial charge >= 0.3 is 0 Å². The highest BCUT2D eigenvalue weighted by Gasteiger charge is 2.28. The van der Waals surface area contributed by atoms with E-state index in [1.54, 1.807) is 19.5 Å². The molecule has 150 valence electrons. The Labute approximate surface area is 174 Å². The lowest BCUT2D eigenvalue weighted by Crippen LogP contribution is -2.35. The van der Waals surface area contributed by atoms with Gasteiger partial charge in [-0.2, -0.15) is 0 Å². The van der Waals surface area contributed by atoms with Crippen molar-refractivity contribution in [1.29, 1.82) is 0 Å². The summed E-state index contributed by atoms with van der Waals surface area (Å²) in [5.41, 5.74) is 2.54. The number of benzene rings is 1. The topological polar surface area (TPSA) is 67.3 Å².